The Labute approximate surface area is 112 Å². The highest BCUT2D eigenvalue weighted by atomic mass is 35.5. The van der Waals surface area contributed by atoms with E-state index in [9.17, 15) is 0 Å². The van der Waals surface area contributed by atoms with Gasteiger partial charge in [-0.2, -0.15) is 0 Å². The van der Waals surface area contributed by atoms with Gasteiger partial charge in [-0.25, -0.2) is 4.98 Å². The highest BCUT2D eigenvalue weighted by molar-refractivity contribution is 6.31. The Hall–Kier alpha value is -0.730. The van der Waals surface area contributed by atoms with Crippen LogP contribution in [0.15, 0.2) is 18.2 Å². The molecule has 1 atom stereocenters. The van der Waals surface area contributed by atoms with Crippen molar-refractivity contribution < 1.29 is 0 Å². The van der Waals surface area contributed by atoms with Crippen LogP contribution in [0.2, 0.25) is 5.02 Å². The van der Waals surface area contributed by atoms with Crippen molar-refractivity contribution >= 4 is 34.2 Å². The van der Waals surface area contributed by atoms with Crippen molar-refractivity contribution in [3.63, 3.8) is 0 Å². The molecule has 0 N–H and O–H groups in total. The standard InChI is InChI=1S/C13H16Cl2N2/c1-3-4-7-17-12-6-5-10(15)8-11(12)16-13(17)9(2)14/h5-6,8-9H,3-4,7H2,1-2H3. The lowest BCUT2D eigenvalue weighted by Gasteiger charge is -2.09. The van der Waals surface area contributed by atoms with Gasteiger partial charge in [-0.1, -0.05) is 24.9 Å². The maximum Gasteiger partial charge on any atom is 0.127 e. The van der Waals surface area contributed by atoms with E-state index in [1.807, 2.05) is 25.1 Å². The first-order valence-corrected chi connectivity index (χ1v) is 6.74. The molecule has 0 saturated carbocycles. The molecular weight excluding hydrogens is 255 g/mol. The number of alkyl halides is 1. The van der Waals surface area contributed by atoms with E-state index in [1.54, 1.807) is 0 Å². The second-order valence-corrected chi connectivity index (χ2v) is 5.32. The summed E-state index contributed by atoms with van der Waals surface area (Å²) in [6.45, 7) is 5.09. The number of rotatable bonds is 4. The van der Waals surface area contributed by atoms with Gasteiger partial charge >= 0.3 is 0 Å². The third kappa shape index (κ3) is 2.58. The van der Waals surface area contributed by atoms with Gasteiger partial charge in [-0.15, -0.1) is 11.6 Å². The molecule has 1 aromatic carbocycles. The maximum absolute atomic E-state index is 6.18. The van der Waals surface area contributed by atoms with Crippen molar-refractivity contribution in [2.24, 2.45) is 0 Å². The number of imidazole rings is 1. The molecule has 2 aromatic rings. The van der Waals surface area contributed by atoms with Crippen molar-refractivity contribution in [3.8, 4) is 0 Å². The number of aromatic nitrogens is 2. The Balaban J connectivity index is 2.54. The van der Waals surface area contributed by atoms with Crippen LogP contribution in [0.3, 0.4) is 0 Å². The molecule has 0 radical (unpaired) electrons. The smallest absolute Gasteiger partial charge is 0.127 e. The zero-order valence-corrected chi connectivity index (χ0v) is 11.6. The molecule has 2 nitrogen and oxygen atoms in total. The number of aryl methyl sites for hydroxylation is 1. The van der Waals surface area contributed by atoms with Crippen molar-refractivity contribution in [1.82, 2.24) is 9.55 Å². The number of halogens is 2. The van der Waals surface area contributed by atoms with Gasteiger partial charge in [0, 0.05) is 11.6 Å². The van der Waals surface area contributed by atoms with Gasteiger partial charge < -0.3 is 4.57 Å². The predicted molar refractivity (Wildman–Crippen MR) is 73.9 cm³/mol. The summed E-state index contributed by atoms with van der Waals surface area (Å²) in [6.07, 6.45) is 2.29. The summed E-state index contributed by atoms with van der Waals surface area (Å²) in [6, 6.07) is 5.81. The summed E-state index contributed by atoms with van der Waals surface area (Å²) < 4.78 is 2.20. The van der Waals surface area contributed by atoms with E-state index in [4.69, 9.17) is 23.2 Å². The highest BCUT2D eigenvalue weighted by Gasteiger charge is 2.14. The molecular formula is C13H16Cl2N2. The summed E-state index contributed by atoms with van der Waals surface area (Å²) in [5, 5.41) is 0.629. The molecule has 0 saturated heterocycles. The summed E-state index contributed by atoms with van der Waals surface area (Å²) in [4.78, 5) is 4.57. The lowest BCUT2D eigenvalue weighted by atomic mass is 10.3. The number of nitrogens with zero attached hydrogens (tertiary/aromatic N) is 2. The van der Waals surface area contributed by atoms with Crippen molar-refractivity contribution in [2.45, 2.75) is 38.6 Å². The molecule has 92 valence electrons. The number of unbranched alkanes of at least 4 members (excludes halogenated alkanes) is 1. The van der Waals surface area contributed by atoms with Gasteiger partial charge in [0.15, 0.2) is 0 Å². The normalized spacial score (nSPS) is 13.2. The molecule has 0 spiro atoms. The fourth-order valence-electron chi connectivity index (χ4n) is 1.98. The first-order valence-electron chi connectivity index (χ1n) is 5.93. The molecule has 0 amide bonds. The Morgan fingerprint density at radius 1 is 1.41 bits per heavy atom. The summed E-state index contributed by atoms with van der Waals surface area (Å²) in [5.74, 6) is 0.928. The first-order chi connectivity index (χ1) is 8.13. The fraction of sp³-hybridized carbons (Fsp3) is 0.462. The average molecular weight is 271 g/mol. The van der Waals surface area contributed by atoms with Crippen LogP contribution in [0, 0.1) is 0 Å². The van der Waals surface area contributed by atoms with Gasteiger partial charge in [-0.3, -0.25) is 0 Å². The van der Waals surface area contributed by atoms with E-state index < -0.39 is 0 Å². The van der Waals surface area contributed by atoms with Crippen LogP contribution >= 0.6 is 23.2 Å². The molecule has 0 aliphatic rings. The monoisotopic (exact) mass is 270 g/mol. The predicted octanol–water partition coefficient (Wildman–Crippen LogP) is 4.79. The maximum atomic E-state index is 6.18. The lowest BCUT2D eigenvalue weighted by molar-refractivity contribution is 0.616. The van der Waals surface area contributed by atoms with Crippen molar-refractivity contribution in [3.05, 3.63) is 29.0 Å². The number of benzene rings is 1. The fourth-order valence-corrected chi connectivity index (χ4v) is 2.31. The minimum absolute atomic E-state index is 0.0852. The van der Waals surface area contributed by atoms with E-state index in [0.717, 1.165) is 36.2 Å². The molecule has 1 aromatic heterocycles. The van der Waals surface area contributed by atoms with E-state index in [0.29, 0.717) is 5.02 Å². The molecule has 1 heterocycles. The lowest BCUT2D eigenvalue weighted by Crippen LogP contribution is -2.04. The minimum atomic E-state index is -0.0852. The Morgan fingerprint density at radius 3 is 2.82 bits per heavy atom. The second kappa shape index (κ2) is 5.28. The summed E-state index contributed by atoms with van der Waals surface area (Å²) >= 11 is 12.2. The highest BCUT2D eigenvalue weighted by Crippen LogP contribution is 2.26. The summed E-state index contributed by atoms with van der Waals surface area (Å²) in [7, 11) is 0. The zero-order chi connectivity index (χ0) is 12.4. The Morgan fingerprint density at radius 2 is 2.18 bits per heavy atom. The quantitative estimate of drug-likeness (QED) is 0.731. The van der Waals surface area contributed by atoms with Crippen molar-refractivity contribution in [1.29, 1.82) is 0 Å². The Kier molecular flexibility index (Phi) is 3.95. The van der Waals surface area contributed by atoms with Crippen LogP contribution in [0.25, 0.3) is 11.0 Å². The van der Waals surface area contributed by atoms with Crippen LogP contribution in [0.5, 0.6) is 0 Å². The molecule has 0 aliphatic heterocycles. The number of fused-ring (bicyclic) bond motifs is 1. The summed E-state index contributed by atoms with van der Waals surface area (Å²) in [5.41, 5.74) is 2.04. The molecule has 1 unspecified atom stereocenters. The second-order valence-electron chi connectivity index (χ2n) is 4.22. The molecule has 0 fully saturated rings. The van der Waals surface area contributed by atoms with E-state index in [2.05, 4.69) is 16.5 Å². The van der Waals surface area contributed by atoms with Gasteiger partial charge in [0.05, 0.1) is 16.4 Å². The van der Waals surface area contributed by atoms with Crippen LogP contribution in [0.4, 0.5) is 0 Å². The zero-order valence-electron chi connectivity index (χ0n) is 10.1. The van der Waals surface area contributed by atoms with Crippen LogP contribution in [-0.2, 0) is 6.54 Å². The molecule has 17 heavy (non-hydrogen) atoms. The van der Waals surface area contributed by atoms with Crippen molar-refractivity contribution in [2.75, 3.05) is 0 Å². The largest absolute Gasteiger partial charge is 0.327 e. The topological polar surface area (TPSA) is 17.8 Å². The van der Waals surface area contributed by atoms with Gasteiger partial charge in [-0.05, 0) is 31.5 Å². The number of hydrogen-bond acceptors (Lipinski definition) is 1. The van der Waals surface area contributed by atoms with Gasteiger partial charge in [0.2, 0.25) is 0 Å². The molecule has 0 bridgehead atoms. The third-order valence-corrected chi connectivity index (χ3v) is 3.26. The van der Waals surface area contributed by atoms with Crippen LogP contribution in [-0.4, -0.2) is 9.55 Å². The van der Waals surface area contributed by atoms with Gasteiger partial charge in [0.25, 0.3) is 0 Å². The Bertz CT molecular complexity index is 517. The van der Waals surface area contributed by atoms with Crippen LogP contribution < -0.4 is 0 Å². The van der Waals surface area contributed by atoms with E-state index >= 15 is 0 Å². The number of hydrogen-bond donors (Lipinski definition) is 0. The molecule has 0 aliphatic carbocycles. The minimum Gasteiger partial charge on any atom is -0.327 e. The average Bonchev–Trinajstić information content (AvgIpc) is 2.64. The molecule has 2 rings (SSSR count). The SMILES string of the molecule is CCCCn1c(C(C)Cl)nc2cc(Cl)ccc21. The van der Waals surface area contributed by atoms with E-state index in [-0.39, 0.29) is 5.38 Å². The van der Waals surface area contributed by atoms with E-state index in [1.165, 1.54) is 0 Å². The first kappa shape index (κ1) is 12.7. The molecule has 4 heteroatoms. The third-order valence-electron chi connectivity index (χ3n) is 2.83. The van der Waals surface area contributed by atoms with Crippen LogP contribution in [0.1, 0.15) is 37.9 Å². The van der Waals surface area contributed by atoms with Gasteiger partial charge in [0.1, 0.15) is 5.82 Å².